The summed E-state index contributed by atoms with van der Waals surface area (Å²) in [6.07, 6.45) is 0. The summed E-state index contributed by atoms with van der Waals surface area (Å²) in [5.74, 6) is 1.88. The zero-order valence-electron chi connectivity index (χ0n) is 32.1. The predicted molar refractivity (Wildman–Crippen MR) is 254 cm³/mol. The highest BCUT2D eigenvalue weighted by atomic mass is 32.1. The Morgan fingerprint density at radius 1 is 0.300 bits per heavy atom. The van der Waals surface area contributed by atoms with Gasteiger partial charge in [0.1, 0.15) is 0 Å². The van der Waals surface area contributed by atoms with Crippen molar-refractivity contribution in [3.05, 3.63) is 194 Å². The highest BCUT2D eigenvalue weighted by molar-refractivity contribution is 7.27. The molecular weight excluding hydrogens is 769 g/mol. The second-order valence-corrected chi connectivity index (χ2v) is 17.1. The number of thiophene rings is 2. The van der Waals surface area contributed by atoms with Crippen LogP contribution < -0.4 is 0 Å². The van der Waals surface area contributed by atoms with Crippen LogP contribution in [0.15, 0.2) is 194 Å². The molecule has 4 aromatic heterocycles. The van der Waals surface area contributed by atoms with Crippen LogP contribution >= 0.6 is 22.7 Å². The first kappa shape index (κ1) is 34.6. The molecule has 4 heterocycles. The molecule has 0 saturated heterocycles. The van der Waals surface area contributed by atoms with Crippen molar-refractivity contribution >= 4 is 73.9 Å². The van der Waals surface area contributed by atoms with E-state index in [9.17, 15) is 0 Å². The van der Waals surface area contributed by atoms with Gasteiger partial charge in [0.05, 0.1) is 11.2 Å². The smallest absolute Gasteiger partial charge is 0.164 e. The molecule has 0 aliphatic rings. The molecule has 0 aliphatic carbocycles. The molecule has 0 aliphatic heterocycles. The molecule has 12 aromatic rings. The number of pyridine rings is 1. The maximum Gasteiger partial charge on any atom is 0.164 e. The van der Waals surface area contributed by atoms with E-state index >= 15 is 0 Å². The van der Waals surface area contributed by atoms with E-state index in [1.54, 1.807) is 0 Å². The van der Waals surface area contributed by atoms with Crippen LogP contribution in [-0.4, -0.2) is 19.9 Å². The highest BCUT2D eigenvalue weighted by Crippen LogP contribution is 2.44. The zero-order valence-corrected chi connectivity index (χ0v) is 33.7. The van der Waals surface area contributed by atoms with Gasteiger partial charge in [0.2, 0.25) is 0 Å². The van der Waals surface area contributed by atoms with Gasteiger partial charge in [-0.3, -0.25) is 0 Å². The van der Waals surface area contributed by atoms with E-state index in [2.05, 4.69) is 176 Å². The maximum atomic E-state index is 5.42. The van der Waals surface area contributed by atoms with Crippen LogP contribution in [0.4, 0.5) is 0 Å². The summed E-state index contributed by atoms with van der Waals surface area (Å²) in [7, 11) is 0. The van der Waals surface area contributed by atoms with Crippen molar-refractivity contribution in [3.8, 4) is 67.7 Å². The SMILES string of the molecule is c1ccc(-c2ccc3c(c2)nc(-c2ccc(-c4nc(-c5ccccc5)nc(-c5cccc(-c6cccc7c6sc6ccccc67)c5)n4)cc2)c2c4ccccc4sc32)cc1. The highest BCUT2D eigenvalue weighted by Gasteiger charge is 2.19. The lowest BCUT2D eigenvalue weighted by Gasteiger charge is -2.11. The molecule has 280 valence electrons. The van der Waals surface area contributed by atoms with Gasteiger partial charge in [-0.2, -0.15) is 0 Å². The van der Waals surface area contributed by atoms with Gasteiger partial charge in [0.25, 0.3) is 0 Å². The second kappa shape index (κ2) is 14.2. The van der Waals surface area contributed by atoms with Crippen LogP contribution in [0.3, 0.4) is 0 Å². The van der Waals surface area contributed by atoms with Gasteiger partial charge < -0.3 is 0 Å². The van der Waals surface area contributed by atoms with Gasteiger partial charge in [-0.25, -0.2) is 19.9 Å². The van der Waals surface area contributed by atoms with Gasteiger partial charge in [-0.05, 0) is 46.5 Å². The number of nitrogens with zero attached hydrogens (tertiary/aromatic N) is 4. The van der Waals surface area contributed by atoms with E-state index in [0.717, 1.165) is 44.6 Å². The number of benzene rings is 8. The topological polar surface area (TPSA) is 51.6 Å². The third-order valence-electron chi connectivity index (χ3n) is 11.3. The summed E-state index contributed by atoms with van der Waals surface area (Å²) in [4.78, 5) is 20.7. The summed E-state index contributed by atoms with van der Waals surface area (Å²) in [5.41, 5.74) is 10.4. The fourth-order valence-corrected chi connectivity index (χ4v) is 10.9. The minimum atomic E-state index is 0.618. The fraction of sp³-hybridized carbons (Fsp3) is 0. The van der Waals surface area contributed by atoms with E-state index in [1.807, 2.05) is 40.9 Å². The zero-order chi connectivity index (χ0) is 39.6. The maximum absolute atomic E-state index is 5.42. The third kappa shape index (κ3) is 5.88. The molecule has 0 saturated carbocycles. The lowest BCUT2D eigenvalue weighted by atomic mass is 9.99. The van der Waals surface area contributed by atoms with Crippen LogP contribution in [0.1, 0.15) is 0 Å². The molecule has 6 heteroatoms. The summed E-state index contributed by atoms with van der Waals surface area (Å²) in [5, 5.41) is 6.14. The third-order valence-corrected chi connectivity index (χ3v) is 13.8. The van der Waals surface area contributed by atoms with Crippen molar-refractivity contribution < 1.29 is 0 Å². The Bertz CT molecular complexity index is 3590. The summed E-state index contributed by atoms with van der Waals surface area (Å²) < 4.78 is 5.07. The molecule has 0 radical (unpaired) electrons. The Hall–Kier alpha value is -7.38. The fourth-order valence-electron chi connectivity index (χ4n) is 8.41. The van der Waals surface area contributed by atoms with Crippen LogP contribution in [0.25, 0.3) is 119 Å². The molecule has 0 N–H and O–H groups in total. The minimum Gasteiger partial charge on any atom is -0.247 e. The first-order chi connectivity index (χ1) is 29.7. The van der Waals surface area contributed by atoms with Crippen molar-refractivity contribution in [1.82, 2.24) is 19.9 Å². The van der Waals surface area contributed by atoms with Crippen molar-refractivity contribution in [1.29, 1.82) is 0 Å². The van der Waals surface area contributed by atoms with Crippen molar-refractivity contribution in [2.45, 2.75) is 0 Å². The van der Waals surface area contributed by atoms with Gasteiger partial charge in [0.15, 0.2) is 17.5 Å². The molecule has 12 rings (SSSR count). The molecule has 60 heavy (non-hydrogen) atoms. The number of rotatable bonds is 6. The molecule has 0 bridgehead atoms. The molecule has 0 atom stereocenters. The number of hydrogen-bond donors (Lipinski definition) is 0. The molecule has 4 nitrogen and oxygen atoms in total. The van der Waals surface area contributed by atoms with E-state index in [1.165, 1.54) is 56.9 Å². The normalized spacial score (nSPS) is 11.7. The average molecular weight is 801 g/mol. The Morgan fingerprint density at radius 2 is 0.833 bits per heavy atom. The molecule has 0 spiro atoms. The van der Waals surface area contributed by atoms with E-state index < -0.39 is 0 Å². The molecule has 0 fully saturated rings. The summed E-state index contributed by atoms with van der Waals surface area (Å²) in [6, 6.07) is 68.4. The van der Waals surface area contributed by atoms with Crippen LogP contribution in [0, 0.1) is 0 Å². The summed E-state index contributed by atoms with van der Waals surface area (Å²) in [6.45, 7) is 0. The standard InChI is InChI=1S/C54H32N4S2/c1-3-13-33(14-4-1)37-29-30-43-45(32-37)55-49(48-44-20-8-10-24-47(44)60-51(43)48)34-25-27-36(28-26-34)53-56-52(35-15-5-2-6-16-35)57-54(58-53)39-18-11-17-38(31-39)40-21-12-22-42-41-19-7-9-23-46(41)59-50(40)42/h1-32H. The predicted octanol–water partition coefficient (Wildman–Crippen LogP) is 15.2. The number of aromatic nitrogens is 4. The molecular formula is C54H32N4S2. The first-order valence-electron chi connectivity index (χ1n) is 20.0. The average Bonchev–Trinajstić information content (AvgIpc) is 3.91. The minimum absolute atomic E-state index is 0.618. The van der Waals surface area contributed by atoms with E-state index in [4.69, 9.17) is 19.9 Å². The van der Waals surface area contributed by atoms with E-state index in [-0.39, 0.29) is 0 Å². The lowest BCUT2D eigenvalue weighted by molar-refractivity contribution is 1.07. The van der Waals surface area contributed by atoms with Crippen molar-refractivity contribution in [2.24, 2.45) is 0 Å². The number of hydrogen-bond acceptors (Lipinski definition) is 6. The largest absolute Gasteiger partial charge is 0.247 e. The monoisotopic (exact) mass is 800 g/mol. The lowest BCUT2D eigenvalue weighted by Crippen LogP contribution is -2.00. The Balaban J connectivity index is 0.983. The Kier molecular flexibility index (Phi) is 8.18. The molecule has 0 amide bonds. The Morgan fingerprint density at radius 3 is 1.60 bits per heavy atom. The van der Waals surface area contributed by atoms with Crippen LogP contribution in [0.5, 0.6) is 0 Å². The first-order valence-corrected chi connectivity index (χ1v) is 21.6. The quantitative estimate of drug-likeness (QED) is 0.168. The summed E-state index contributed by atoms with van der Waals surface area (Å²) >= 11 is 3.67. The van der Waals surface area contributed by atoms with Gasteiger partial charge in [-0.1, -0.05) is 170 Å². The Labute approximate surface area is 353 Å². The number of fused-ring (bicyclic) bond motifs is 8. The molecule has 0 unspecified atom stereocenters. The van der Waals surface area contributed by atoms with Crippen molar-refractivity contribution in [2.75, 3.05) is 0 Å². The van der Waals surface area contributed by atoms with Crippen LogP contribution in [-0.2, 0) is 0 Å². The molecule has 8 aromatic carbocycles. The second-order valence-electron chi connectivity index (χ2n) is 15.0. The van der Waals surface area contributed by atoms with Gasteiger partial charge in [-0.15, -0.1) is 22.7 Å². The van der Waals surface area contributed by atoms with Gasteiger partial charge >= 0.3 is 0 Å². The van der Waals surface area contributed by atoms with Crippen LogP contribution in [0.2, 0.25) is 0 Å². The van der Waals surface area contributed by atoms with E-state index in [0.29, 0.717) is 17.5 Å². The van der Waals surface area contributed by atoms with Gasteiger partial charge in [0, 0.05) is 68.0 Å². The van der Waals surface area contributed by atoms with Crippen molar-refractivity contribution in [3.63, 3.8) is 0 Å².